The van der Waals surface area contributed by atoms with Crippen LogP contribution in [0.5, 0.6) is 0 Å². The first-order valence-corrected chi connectivity index (χ1v) is 6.76. The third-order valence-corrected chi connectivity index (χ3v) is 3.44. The van der Waals surface area contributed by atoms with Gasteiger partial charge in [0.15, 0.2) is 0 Å². The summed E-state index contributed by atoms with van der Waals surface area (Å²) in [6.45, 7) is 2.07. The molecule has 108 valence electrons. The van der Waals surface area contributed by atoms with Crippen LogP contribution in [0.2, 0.25) is 0 Å². The summed E-state index contributed by atoms with van der Waals surface area (Å²) < 4.78 is 12.9. The number of piperazine rings is 1. The molecule has 3 rings (SSSR count). The Bertz CT molecular complexity index is 617. The number of aromatic nitrogens is 2. The van der Waals surface area contributed by atoms with Gasteiger partial charge in [0.05, 0.1) is 0 Å². The maximum atomic E-state index is 12.9. The van der Waals surface area contributed by atoms with Crippen molar-refractivity contribution in [3.63, 3.8) is 0 Å². The molecule has 0 atom stereocenters. The van der Waals surface area contributed by atoms with Gasteiger partial charge in [-0.2, -0.15) is 0 Å². The zero-order chi connectivity index (χ0) is 14.7. The van der Waals surface area contributed by atoms with E-state index in [9.17, 15) is 9.18 Å². The van der Waals surface area contributed by atoms with Gasteiger partial charge in [0, 0.05) is 32.0 Å². The van der Waals surface area contributed by atoms with Crippen molar-refractivity contribution in [1.29, 1.82) is 0 Å². The molecule has 0 unspecified atom stereocenters. The van der Waals surface area contributed by atoms with E-state index in [1.807, 2.05) is 4.90 Å². The number of halogens is 1. The van der Waals surface area contributed by atoms with Crippen LogP contribution in [0.15, 0.2) is 42.7 Å². The van der Waals surface area contributed by atoms with Crippen molar-refractivity contribution in [1.82, 2.24) is 14.9 Å². The normalized spacial score (nSPS) is 15.4. The van der Waals surface area contributed by atoms with E-state index in [2.05, 4.69) is 9.97 Å². The van der Waals surface area contributed by atoms with Crippen molar-refractivity contribution >= 4 is 11.9 Å². The number of hydrogen-bond donors (Lipinski definition) is 0. The van der Waals surface area contributed by atoms with Crippen LogP contribution in [0, 0.1) is 5.82 Å². The Hall–Kier alpha value is -2.50. The van der Waals surface area contributed by atoms with Gasteiger partial charge >= 0.3 is 0 Å². The number of rotatable bonds is 3. The van der Waals surface area contributed by atoms with Gasteiger partial charge in [-0.25, -0.2) is 14.4 Å². The molecular formula is C15H15FN4O. The lowest BCUT2D eigenvalue weighted by Gasteiger charge is -2.34. The molecule has 1 aromatic heterocycles. The van der Waals surface area contributed by atoms with Crippen molar-refractivity contribution in [3.8, 4) is 0 Å². The first-order chi connectivity index (χ1) is 10.2. The van der Waals surface area contributed by atoms with Crippen molar-refractivity contribution < 1.29 is 9.18 Å². The molecule has 1 aromatic carbocycles. The second-order valence-electron chi connectivity index (χ2n) is 4.91. The van der Waals surface area contributed by atoms with Crippen molar-refractivity contribution in [3.05, 3.63) is 54.1 Å². The molecule has 0 radical (unpaired) electrons. The fraction of sp³-hybridized carbons (Fsp3) is 0.267. The van der Waals surface area contributed by atoms with E-state index in [-0.39, 0.29) is 18.3 Å². The van der Waals surface area contributed by atoms with Gasteiger partial charge in [-0.3, -0.25) is 4.79 Å². The molecule has 1 aliphatic heterocycles. The zero-order valence-electron chi connectivity index (χ0n) is 11.4. The topological polar surface area (TPSA) is 49.3 Å². The number of amides is 1. The number of nitrogens with zero attached hydrogens (tertiary/aromatic N) is 4. The van der Waals surface area contributed by atoms with Crippen LogP contribution in [0.3, 0.4) is 0 Å². The standard InChI is InChI=1S/C15H15FN4O/c16-13-4-2-12(3-5-13)10-19-8-9-20(11-14(19)21)15-17-6-1-7-18-15/h1-7H,8-11H2. The molecule has 0 bridgehead atoms. The molecule has 21 heavy (non-hydrogen) atoms. The minimum absolute atomic E-state index is 0.0260. The minimum atomic E-state index is -0.267. The average Bonchev–Trinajstić information content (AvgIpc) is 2.52. The highest BCUT2D eigenvalue weighted by Crippen LogP contribution is 2.13. The highest BCUT2D eigenvalue weighted by molar-refractivity contribution is 5.82. The second kappa shape index (κ2) is 5.87. The van der Waals surface area contributed by atoms with Gasteiger partial charge in [-0.15, -0.1) is 0 Å². The number of carbonyl (C=O) groups excluding carboxylic acids is 1. The van der Waals surface area contributed by atoms with Crippen LogP contribution < -0.4 is 4.90 Å². The predicted molar refractivity (Wildman–Crippen MR) is 76.1 cm³/mol. The second-order valence-corrected chi connectivity index (χ2v) is 4.91. The van der Waals surface area contributed by atoms with Gasteiger partial charge in [0.25, 0.3) is 0 Å². The highest BCUT2D eigenvalue weighted by atomic mass is 19.1. The first kappa shape index (κ1) is 13.5. The van der Waals surface area contributed by atoms with Crippen molar-refractivity contribution in [2.45, 2.75) is 6.54 Å². The lowest BCUT2D eigenvalue weighted by atomic mass is 10.2. The molecule has 1 aliphatic rings. The summed E-state index contributed by atoms with van der Waals surface area (Å²) in [4.78, 5) is 24.2. The molecule has 6 heteroatoms. The monoisotopic (exact) mass is 286 g/mol. The molecule has 2 heterocycles. The van der Waals surface area contributed by atoms with Crippen LogP contribution in [0.1, 0.15) is 5.56 Å². The molecule has 0 aliphatic carbocycles. The zero-order valence-corrected chi connectivity index (χ0v) is 11.4. The third-order valence-electron chi connectivity index (χ3n) is 3.44. The van der Waals surface area contributed by atoms with E-state index >= 15 is 0 Å². The Labute approximate surface area is 122 Å². The fourth-order valence-electron chi connectivity index (χ4n) is 2.31. The fourth-order valence-corrected chi connectivity index (χ4v) is 2.31. The molecule has 1 amide bonds. The molecule has 0 saturated carbocycles. The third kappa shape index (κ3) is 3.16. The Morgan fingerprint density at radius 3 is 2.48 bits per heavy atom. The summed E-state index contributed by atoms with van der Waals surface area (Å²) in [7, 11) is 0. The minimum Gasteiger partial charge on any atom is -0.335 e. The maximum absolute atomic E-state index is 12.9. The molecule has 1 saturated heterocycles. The Balaban J connectivity index is 1.63. The van der Waals surface area contributed by atoms with Crippen LogP contribution >= 0.6 is 0 Å². The number of hydrogen-bond acceptors (Lipinski definition) is 4. The Morgan fingerprint density at radius 1 is 1.10 bits per heavy atom. The largest absolute Gasteiger partial charge is 0.335 e. The lowest BCUT2D eigenvalue weighted by molar-refractivity contribution is -0.131. The van der Waals surface area contributed by atoms with Crippen molar-refractivity contribution in [2.24, 2.45) is 0 Å². The van der Waals surface area contributed by atoms with Crippen LogP contribution in [-0.4, -0.2) is 40.4 Å². The van der Waals surface area contributed by atoms with Crippen molar-refractivity contribution in [2.75, 3.05) is 24.5 Å². The van der Waals surface area contributed by atoms with E-state index in [0.717, 1.165) is 5.56 Å². The van der Waals surface area contributed by atoms with Gasteiger partial charge in [0.1, 0.15) is 12.4 Å². The summed E-state index contributed by atoms with van der Waals surface area (Å²) in [5.74, 6) is 0.335. The molecule has 1 fully saturated rings. The van der Waals surface area contributed by atoms with Gasteiger partial charge in [-0.1, -0.05) is 12.1 Å². The molecule has 5 nitrogen and oxygen atoms in total. The number of benzene rings is 1. The summed E-state index contributed by atoms with van der Waals surface area (Å²) in [5.41, 5.74) is 0.925. The van der Waals surface area contributed by atoms with Crippen LogP contribution in [-0.2, 0) is 11.3 Å². The van der Waals surface area contributed by atoms with Gasteiger partial charge < -0.3 is 9.80 Å². The summed E-state index contributed by atoms with van der Waals surface area (Å²) >= 11 is 0. The molecule has 2 aromatic rings. The van der Waals surface area contributed by atoms with E-state index < -0.39 is 0 Å². The predicted octanol–water partition coefficient (Wildman–Crippen LogP) is 1.46. The van der Waals surface area contributed by atoms with Crippen LogP contribution in [0.4, 0.5) is 10.3 Å². The maximum Gasteiger partial charge on any atom is 0.242 e. The van der Waals surface area contributed by atoms with E-state index in [1.165, 1.54) is 12.1 Å². The smallest absolute Gasteiger partial charge is 0.242 e. The average molecular weight is 286 g/mol. The lowest BCUT2D eigenvalue weighted by Crippen LogP contribution is -2.50. The van der Waals surface area contributed by atoms with Gasteiger partial charge in [-0.05, 0) is 23.8 Å². The van der Waals surface area contributed by atoms with E-state index in [0.29, 0.717) is 25.6 Å². The van der Waals surface area contributed by atoms with E-state index in [1.54, 1.807) is 35.5 Å². The number of carbonyl (C=O) groups is 1. The van der Waals surface area contributed by atoms with E-state index in [4.69, 9.17) is 0 Å². The molecule has 0 N–H and O–H groups in total. The summed E-state index contributed by atoms with van der Waals surface area (Å²) in [6.07, 6.45) is 3.33. The van der Waals surface area contributed by atoms with Crippen LogP contribution in [0.25, 0.3) is 0 Å². The summed E-state index contributed by atoms with van der Waals surface area (Å²) in [5, 5.41) is 0. The van der Waals surface area contributed by atoms with Gasteiger partial charge in [0.2, 0.25) is 11.9 Å². The first-order valence-electron chi connectivity index (χ1n) is 6.76. The highest BCUT2D eigenvalue weighted by Gasteiger charge is 2.25. The molecule has 0 spiro atoms. The SMILES string of the molecule is O=C1CN(c2ncccn2)CCN1Cc1ccc(F)cc1. The Kier molecular flexibility index (Phi) is 3.77. The summed E-state index contributed by atoms with van der Waals surface area (Å²) in [6, 6.07) is 7.97. The quantitative estimate of drug-likeness (QED) is 0.857. The molecular weight excluding hydrogens is 271 g/mol. The number of anilines is 1. The Morgan fingerprint density at radius 2 is 1.81 bits per heavy atom.